The first-order chi connectivity index (χ1) is 15.4. The third-order valence-electron chi connectivity index (χ3n) is 4.58. The molecular formula is C26H29N3O3. The first kappa shape index (κ1) is 22.9. The highest BCUT2D eigenvalue weighted by Crippen LogP contribution is 2.18. The second kappa shape index (κ2) is 11.0. The molecule has 0 atom stereocenters. The summed E-state index contributed by atoms with van der Waals surface area (Å²) >= 11 is 0. The topological polar surface area (TPSA) is 79.5 Å². The Morgan fingerprint density at radius 1 is 0.844 bits per heavy atom. The van der Waals surface area contributed by atoms with Crippen LogP contribution in [0.1, 0.15) is 29.8 Å². The number of amides is 2. The molecule has 6 heteroatoms. The zero-order valence-electron chi connectivity index (χ0n) is 18.6. The van der Waals surface area contributed by atoms with Gasteiger partial charge in [-0.3, -0.25) is 9.59 Å². The summed E-state index contributed by atoms with van der Waals surface area (Å²) in [6.45, 7) is 6.90. The Balaban J connectivity index is 1.48. The van der Waals surface area contributed by atoms with Crippen molar-refractivity contribution in [1.82, 2.24) is 0 Å². The van der Waals surface area contributed by atoms with Crippen LogP contribution in [-0.2, 0) is 4.79 Å². The van der Waals surface area contributed by atoms with Crippen LogP contribution in [0.2, 0.25) is 0 Å². The molecule has 0 aliphatic carbocycles. The van der Waals surface area contributed by atoms with Gasteiger partial charge in [-0.25, -0.2) is 0 Å². The van der Waals surface area contributed by atoms with Gasteiger partial charge in [0.2, 0.25) is 5.91 Å². The molecule has 3 aromatic carbocycles. The van der Waals surface area contributed by atoms with Crippen molar-refractivity contribution in [2.75, 3.05) is 29.1 Å². The number of anilines is 3. The van der Waals surface area contributed by atoms with Crippen LogP contribution in [0.4, 0.5) is 17.1 Å². The third kappa shape index (κ3) is 7.16. The lowest BCUT2D eigenvalue weighted by molar-refractivity contribution is -0.114. The van der Waals surface area contributed by atoms with Crippen LogP contribution in [0.15, 0.2) is 72.8 Å². The molecule has 32 heavy (non-hydrogen) atoms. The summed E-state index contributed by atoms with van der Waals surface area (Å²) in [5.74, 6) is 0.872. The summed E-state index contributed by atoms with van der Waals surface area (Å²) in [7, 11) is 0. The molecule has 3 N–H and O–H groups in total. The number of aryl methyl sites for hydroxylation is 1. The minimum absolute atomic E-state index is 0.124. The number of hydrogen-bond donors (Lipinski definition) is 3. The Labute approximate surface area is 189 Å². The number of rotatable bonds is 9. The Morgan fingerprint density at radius 2 is 1.53 bits per heavy atom. The molecule has 0 heterocycles. The van der Waals surface area contributed by atoms with E-state index in [2.05, 4.69) is 29.8 Å². The molecule has 0 unspecified atom stereocenters. The number of carbonyl (C=O) groups is 2. The second-order valence-electron chi connectivity index (χ2n) is 8.04. The summed E-state index contributed by atoms with van der Waals surface area (Å²) in [5.41, 5.74) is 3.76. The van der Waals surface area contributed by atoms with Gasteiger partial charge in [0, 0.05) is 28.7 Å². The monoisotopic (exact) mass is 431 g/mol. The average Bonchev–Trinajstić information content (AvgIpc) is 2.78. The zero-order valence-corrected chi connectivity index (χ0v) is 18.6. The molecule has 2 amide bonds. The molecule has 0 aliphatic heterocycles. The lowest BCUT2D eigenvalue weighted by atomic mass is 10.1. The molecular weight excluding hydrogens is 402 g/mol. The first-order valence-corrected chi connectivity index (χ1v) is 10.6. The molecule has 3 rings (SSSR count). The maximum atomic E-state index is 12.3. The smallest absolute Gasteiger partial charge is 0.255 e. The maximum absolute atomic E-state index is 12.3. The Bertz CT molecular complexity index is 1060. The van der Waals surface area contributed by atoms with Crippen LogP contribution in [0.25, 0.3) is 0 Å². The molecule has 6 nitrogen and oxygen atoms in total. The van der Waals surface area contributed by atoms with Crippen molar-refractivity contribution in [3.63, 3.8) is 0 Å². The molecule has 0 aromatic heterocycles. The number of hydrogen-bond acceptors (Lipinski definition) is 4. The van der Waals surface area contributed by atoms with Crippen molar-refractivity contribution in [3.05, 3.63) is 83.9 Å². The van der Waals surface area contributed by atoms with Gasteiger partial charge in [-0.05, 0) is 61.4 Å². The minimum atomic E-state index is -0.172. The third-order valence-corrected chi connectivity index (χ3v) is 4.58. The average molecular weight is 432 g/mol. The van der Waals surface area contributed by atoms with Crippen molar-refractivity contribution in [2.24, 2.45) is 5.92 Å². The Kier molecular flexibility index (Phi) is 7.86. The van der Waals surface area contributed by atoms with E-state index in [1.807, 2.05) is 49.4 Å². The lowest BCUT2D eigenvalue weighted by Crippen LogP contribution is -2.21. The minimum Gasteiger partial charge on any atom is -0.493 e. The van der Waals surface area contributed by atoms with Gasteiger partial charge >= 0.3 is 0 Å². The van der Waals surface area contributed by atoms with Crippen LogP contribution < -0.4 is 20.7 Å². The van der Waals surface area contributed by atoms with Gasteiger partial charge in [0.25, 0.3) is 5.91 Å². The predicted molar refractivity (Wildman–Crippen MR) is 129 cm³/mol. The summed E-state index contributed by atoms with van der Waals surface area (Å²) < 4.78 is 5.71. The first-order valence-electron chi connectivity index (χ1n) is 10.6. The van der Waals surface area contributed by atoms with Crippen molar-refractivity contribution in [1.29, 1.82) is 0 Å². The number of ether oxygens (including phenoxy) is 1. The summed E-state index contributed by atoms with van der Waals surface area (Å²) in [6.07, 6.45) is 0. The molecule has 0 radical (unpaired) electrons. The van der Waals surface area contributed by atoms with Crippen molar-refractivity contribution in [3.8, 4) is 5.75 Å². The molecule has 0 saturated heterocycles. The fraction of sp³-hybridized carbons (Fsp3) is 0.231. The molecule has 0 fully saturated rings. The summed E-state index contributed by atoms with van der Waals surface area (Å²) in [5, 5.41) is 8.80. The van der Waals surface area contributed by atoms with E-state index in [-0.39, 0.29) is 18.4 Å². The van der Waals surface area contributed by atoms with E-state index in [1.54, 1.807) is 30.3 Å². The molecule has 3 aromatic rings. The van der Waals surface area contributed by atoms with E-state index in [4.69, 9.17) is 4.74 Å². The normalized spacial score (nSPS) is 10.5. The number of carbonyl (C=O) groups excluding carboxylic acids is 2. The van der Waals surface area contributed by atoms with E-state index < -0.39 is 0 Å². The van der Waals surface area contributed by atoms with E-state index in [0.29, 0.717) is 29.5 Å². The van der Waals surface area contributed by atoms with Crippen molar-refractivity contribution < 1.29 is 14.3 Å². The van der Waals surface area contributed by atoms with Gasteiger partial charge in [-0.2, -0.15) is 0 Å². The second-order valence-corrected chi connectivity index (χ2v) is 8.04. The van der Waals surface area contributed by atoms with Gasteiger partial charge < -0.3 is 20.7 Å². The van der Waals surface area contributed by atoms with E-state index in [9.17, 15) is 9.59 Å². The molecule has 0 spiro atoms. The van der Waals surface area contributed by atoms with Gasteiger partial charge in [-0.15, -0.1) is 0 Å². The van der Waals surface area contributed by atoms with Gasteiger partial charge in [0.1, 0.15) is 5.75 Å². The van der Waals surface area contributed by atoms with Crippen LogP contribution in [-0.4, -0.2) is 25.0 Å². The number of benzene rings is 3. The quantitative estimate of drug-likeness (QED) is 0.428. The van der Waals surface area contributed by atoms with Gasteiger partial charge in [0.05, 0.1) is 13.2 Å². The molecule has 0 aliphatic rings. The standard InChI is InChI=1S/C26H29N3O3/c1-18(2)17-32-24-9-5-8-23(15-24)27-16-25(30)28-21-10-12-22(13-11-21)29-26(31)20-7-4-6-19(3)14-20/h4-15,18,27H,16-17H2,1-3H3,(H,28,30)(H,29,31). The van der Waals surface area contributed by atoms with E-state index in [1.165, 1.54) is 0 Å². The van der Waals surface area contributed by atoms with Crippen molar-refractivity contribution >= 4 is 28.9 Å². The fourth-order valence-electron chi connectivity index (χ4n) is 2.97. The van der Waals surface area contributed by atoms with Crippen LogP contribution >= 0.6 is 0 Å². The highest BCUT2D eigenvalue weighted by molar-refractivity contribution is 6.04. The SMILES string of the molecule is Cc1cccc(C(=O)Nc2ccc(NC(=O)CNc3cccc(OCC(C)C)c3)cc2)c1. The molecule has 0 saturated carbocycles. The summed E-state index contributed by atoms with van der Waals surface area (Å²) in [6, 6.07) is 22.0. The fourth-order valence-corrected chi connectivity index (χ4v) is 2.97. The Morgan fingerprint density at radius 3 is 2.22 bits per heavy atom. The van der Waals surface area contributed by atoms with Gasteiger partial charge in [-0.1, -0.05) is 37.6 Å². The predicted octanol–water partition coefficient (Wildman–Crippen LogP) is 5.33. The van der Waals surface area contributed by atoms with Gasteiger partial charge in [0.15, 0.2) is 0 Å². The zero-order chi connectivity index (χ0) is 22.9. The van der Waals surface area contributed by atoms with Crippen LogP contribution in [0, 0.1) is 12.8 Å². The lowest BCUT2D eigenvalue weighted by Gasteiger charge is -2.12. The largest absolute Gasteiger partial charge is 0.493 e. The van der Waals surface area contributed by atoms with Crippen molar-refractivity contribution in [2.45, 2.75) is 20.8 Å². The maximum Gasteiger partial charge on any atom is 0.255 e. The number of nitrogens with one attached hydrogen (secondary N) is 3. The van der Waals surface area contributed by atoms with E-state index >= 15 is 0 Å². The Hall–Kier alpha value is -3.80. The van der Waals surface area contributed by atoms with Crippen LogP contribution in [0.3, 0.4) is 0 Å². The van der Waals surface area contributed by atoms with Crippen LogP contribution in [0.5, 0.6) is 5.75 Å². The van der Waals surface area contributed by atoms with E-state index in [0.717, 1.165) is 17.0 Å². The highest BCUT2D eigenvalue weighted by Gasteiger charge is 2.07. The summed E-state index contributed by atoms with van der Waals surface area (Å²) in [4.78, 5) is 24.6. The molecule has 0 bridgehead atoms. The molecule has 166 valence electrons. The highest BCUT2D eigenvalue weighted by atomic mass is 16.5.